The van der Waals surface area contributed by atoms with Crippen molar-refractivity contribution in [1.82, 2.24) is 20.5 Å². The van der Waals surface area contributed by atoms with Crippen molar-refractivity contribution < 1.29 is 4.79 Å². The maximum atomic E-state index is 12.3. The second-order valence-corrected chi connectivity index (χ2v) is 5.36. The van der Waals surface area contributed by atoms with Gasteiger partial charge < -0.3 is 5.32 Å². The SMILES string of the molecule is CC[C@@H](C)NC(=O)c1n[nH]c2ccc(-c3cccnc3)cc12. The third-order valence-corrected chi connectivity index (χ3v) is 3.76. The maximum absolute atomic E-state index is 12.3. The number of carbonyl (C=O) groups is 1. The highest BCUT2D eigenvalue weighted by molar-refractivity contribution is 6.05. The Morgan fingerprint density at radius 3 is 2.91 bits per heavy atom. The molecule has 22 heavy (non-hydrogen) atoms. The number of nitrogens with one attached hydrogen (secondary N) is 2. The minimum absolute atomic E-state index is 0.126. The first-order valence-electron chi connectivity index (χ1n) is 7.38. The molecule has 0 aliphatic carbocycles. The van der Waals surface area contributed by atoms with Crippen LogP contribution in [-0.2, 0) is 0 Å². The second-order valence-electron chi connectivity index (χ2n) is 5.36. The predicted molar refractivity (Wildman–Crippen MR) is 86.5 cm³/mol. The van der Waals surface area contributed by atoms with Crippen LogP contribution < -0.4 is 5.32 Å². The lowest BCUT2D eigenvalue weighted by atomic mass is 10.0. The van der Waals surface area contributed by atoms with E-state index < -0.39 is 0 Å². The monoisotopic (exact) mass is 294 g/mol. The van der Waals surface area contributed by atoms with Crippen LogP contribution in [0.15, 0.2) is 42.7 Å². The molecular formula is C17H18N4O. The lowest BCUT2D eigenvalue weighted by Crippen LogP contribution is -2.32. The van der Waals surface area contributed by atoms with Gasteiger partial charge in [-0.3, -0.25) is 14.9 Å². The van der Waals surface area contributed by atoms with Crippen molar-refractivity contribution >= 4 is 16.8 Å². The fraction of sp³-hybridized carbons (Fsp3) is 0.235. The first-order valence-corrected chi connectivity index (χ1v) is 7.38. The predicted octanol–water partition coefficient (Wildman–Crippen LogP) is 3.15. The minimum atomic E-state index is -0.149. The number of H-pyrrole nitrogens is 1. The number of aromatic nitrogens is 3. The molecule has 0 aliphatic heterocycles. The van der Waals surface area contributed by atoms with Crippen LogP contribution in [0.2, 0.25) is 0 Å². The molecule has 5 nitrogen and oxygen atoms in total. The van der Waals surface area contributed by atoms with E-state index in [0.29, 0.717) is 5.69 Å². The van der Waals surface area contributed by atoms with Crippen molar-refractivity contribution in [1.29, 1.82) is 0 Å². The molecule has 0 aliphatic rings. The molecule has 0 saturated heterocycles. The largest absolute Gasteiger partial charge is 0.348 e. The summed E-state index contributed by atoms with van der Waals surface area (Å²) in [6, 6.07) is 9.92. The number of benzene rings is 1. The average Bonchev–Trinajstić information content (AvgIpc) is 2.98. The summed E-state index contributed by atoms with van der Waals surface area (Å²) < 4.78 is 0. The second kappa shape index (κ2) is 5.97. The van der Waals surface area contributed by atoms with Crippen LogP contribution in [-0.4, -0.2) is 27.1 Å². The highest BCUT2D eigenvalue weighted by Crippen LogP contribution is 2.24. The van der Waals surface area contributed by atoms with Gasteiger partial charge in [-0.1, -0.05) is 19.1 Å². The highest BCUT2D eigenvalue weighted by atomic mass is 16.2. The summed E-state index contributed by atoms with van der Waals surface area (Å²) in [7, 11) is 0. The number of aromatic amines is 1. The molecule has 0 unspecified atom stereocenters. The summed E-state index contributed by atoms with van der Waals surface area (Å²) in [5, 5.41) is 10.8. The Balaban J connectivity index is 2.01. The Hall–Kier alpha value is -2.69. The zero-order valence-corrected chi connectivity index (χ0v) is 12.6. The van der Waals surface area contributed by atoms with Gasteiger partial charge in [-0.05, 0) is 37.1 Å². The smallest absolute Gasteiger partial charge is 0.272 e. The van der Waals surface area contributed by atoms with Gasteiger partial charge in [0.25, 0.3) is 5.91 Å². The quantitative estimate of drug-likeness (QED) is 0.776. The van der Waals surface area contributed by atoms with Crippen molar-refractivity contribution in [3.8, 4) is 11.1 Å². The molecule has 3 aromatic rings. The van der Waals surface area contributed by atoms with Crippen LogP contribution in [0.5, 0.6) is 0 Å². The number of pyridine rings is 1. The maximum Gasteiger partial charge on any atom is 0.272 e. The standard InChI is InChI=1S/C17H18N4O/c1-3-11(2)19-17(22)16-14-9-12(6-7-15(14)20-21-16)13-5-4-8-18-10-13/h4-11H,3H2,1-2H3,(H,19,22)(H,20,21)/t11-/m1/s1. The molecule has 0 bridgehead atoms. The molecule has 1 amide bonds. The average molecular weight is 294 g/mol. The number of carbonyl (C=O) groups excluding carboxylic acids is 1. The third-order valence-electron chi connectivity index (χ3n) is 3.76. The van der Waals surface area contributed by atoms with Gasteiger partial charge in [0.15, 0.2) is 5.69 Å². The van der Waals surface area contributed by atoms with Gasteiger partial charge >= 0.3 is 0 Å². The summed E-state index contributed by atoms with van der Waals surface area (Å²) in [4.78, 5) is 16.5. The molecule has 0 fully saturated rings. The fourth-order valence-corrected chi connectivity index (χ4v) is 2.29. The summed E-state index contributed by atoms with van der Waals surface area (Å²) in [6.45, 7) is 4.02. The van der Waals surface area contributed by atoms with E-state index in [1.165, 1.54) is 0 Å². The molecule has 1 aromatic carbocycles. The molecule has 1 atom stereocenters. The van der Waals surface area contributed by atoms with Gasteiger partial charge in [0.05, 0.1) is 5.52 Å². The van der Waals surface area contributed by atoms with E-state index in [-0.39, 0.29) is 11.9 Å². The zero-order valence-electron chi connectivity index (χ0n) is 12.6. The van der Waals surface area contributed by atoms with Gasteiger partial charge in [-0.25, -0.2) is 0 Å². The Labute approximate surface area is 128 Å². The lowest BCUT2D eigenvalue weighted by Gasteiger charge is -2.10. The van der Waals surface area contributed by atoms with Crippen LogP contribution in [0.25, 0.3) is 22.0 Å². The first kappa shape index (κ1) is 14.3. The molecule has 0 radical (unpaired) electrons. The molecule has 0 saturated carbocycles. The molecule has 112 valence electrons. The molecule has 2 aromatic heterocycles. The number of amides is 1. The van der Waals surface area contributed by atoms with Crippen molar-refractivity contribution in [2.24, 2.45) is 0 Å². The summed E-state index contributed by atoms with van der Waals surface area (Å²) in [5.74, 6) is -0.149. The van der Waals surface area contributed by atoms with Crippen LogP contribution in [0, 0.1) is 0 Å². The molecular weight excluding hydrogens is 276 g/mol. The van der Waals surface area contributed by atoms with E-state index in [0.717, 1.165) is 28.5 Å². The number of nitrogens with zero attached hydrogens (tertiary/aromatic N) is 2. The molecule has 2 heterocycles. The van der Waals surface area contributed by atoms with E-state index in [1.54, 1.807) is 12.4 Å². The Kier molecular flexibility index (Phi) is 3.87. The number of rotatable bonds is 4. The normalized spacial score (nSPS) is 12.3. The zero-order chi connectivity index (χ0) is 15.5. The lowest BCUT2D eigenvalue weighted by molar-refractivity contribution is 0.0936. The van der Waals surface area contributed by atoms with E-state index in [4.69, 9.17) is 0 Å². The number of hydrogen-bond acceptors (Lipinski definition) is 3. The van der Waals surface area contributed by atoms with E-state index >= 15 is 0 Å². The third kappa shape index (κ3) is 2.70. The first-order chi connectivity index (χ1) is 10.7. The molecule has 5 heteroatoms. The van der Waals surface area contributed by atoms with E-state index in [2.05, 4.69) is 20.5 Å². The Bertz CT molecular complexity index is 795. The van der Waals surface area contributed by atoms with Crippen molar-refractivity contribution in [2.75, 3.05) is 0 Å². The van der Waals surface area contributed by atoms with E-state index in [9.17, 15) is 4.79 Å². The summed E-state index contributed by atoms with van der Waals surface area (Å²) >= 11 is 0. The molecule has 3 rings (SSSR count). The van der Waals surface area contributed by atoms with Crippen molar-refractivity contribution in [3.05, 3.63) is 48.4 Å². The van der Waals surface area contributed by atoms with Gasteiger partial charge in [-0.2, -0.15) is 5.10 Å². The van der Waals surface area contributed by atoms with Gasteiger partial charge in [0, 0.05) is 29.4 Å². The number of fused-ring (bicyclic) bond motifs is 1. The van der Waals surface area contributed by atoms with Crippen molar-refractivity contribution in [2.45, 2.75) is 26.3 Å². The van der Waals surface area contributed by atoms with E-state index in [1.807, 2.05) is 44.2 Å². The van der Waals surface area contributed by atoms with Crippen LogP contribution in [0.1, 0.15) is 30.8 Å². The van der Waals surface area contributed by atoms with Gasteiger partial charge in [0.1, 0.15) is 0 Å². The van der Waals surface area contributed by atoms with Gasteiger partial charge in [-0.15, -0.1) is 0 Å². The topological polar surface area (TPSA) is 70.7 Å². The van der Waals surface area contributed by atoms with Crippen LogP contribution in [0.3, 0.4) is 0 Å². The fourth-order valence-electron chi connectivity index (χ4n) is 2.29. The Morgan fingerprint density at radius 2 is 2.18 bits per heavy atom. The van der Waals surface area contributed by atoms with Crippen LogP contribution in [0.4, 0.5) is 0 Å². The van der Waals surface area contributed by atoms with Gasteiger partial charge in [0.2, 0.25) is 0 Å². The van der Waals surface area contributed by atoms with Crippen LogP contribution >= 0.6 is 0 Å². The highest BCUT2D eigenvalue weighted by Gasteiger charge is 2.16. The van der Waals surface area contributed by atoms with Crippen molar-refractivity contribution in [3.63, 3.8) is 0 Å². The molecule has 0 spiro atoms. The number of hydrogen-bond donors (Lipinski definition) is 2. The summed E-state index contributed by atoms with van der Waals surface area (Å²) in [6.07, 6.45) is 4.43. The Morgan fingerprint density at radius 1 is 1.32 bits per heavy atom. The molecule has 2 N–H and O–H groups in total. The summed E-state index contributed by atoms with van der Waals surface area (Å²) in [5.41, 5.74) is 3.31. The minimum Gasteiger partial charge on any atom is -0.348 e.